The Bertz CT molecular complexity index is 250. The minimum absolute atomic E-state index is 0.406. The van der Waals surface area contributed by atoms with Gasteiger partial charge in [0.05, 0.1) is 0 Å². The maximum atomic E-state index is 4.00. The minimum Gasteiger partial charge on any atom is -0.308 e. The molecule has 0 aromatic heterocycles. The highest BCUT2D eigenvalue weighted by molar-refractivity contribution is 5.08. The topological polar surface area (TPSA) is 12.0 Å². The fourth-order valence-corrected chi connectivity index (χ4v) is 4.23. The monoisotopic (exact) mass is 223 g/mol. The molecule has 0 unspecified atom stereocenters. The van der Waals surface area contributed by atoms with Gasteiger partial charge in [0.25, 0.3) is 0 Å². The molecule has 1 saturated heterocycles. The van der Waals surface area contributed by atoms with Gasteiger partial charge in [-0.3, -0.25) is 0 Å². The molecule has 1 saturated carbocycles. The van der Waals surface area contributed by atoms with Crippen LogP contribution < -0.4 is 5.32 Å². The summed E-state index contributed by atoms with van der Waals surface area (Å²) in [5.41, 5.74) is 0.943. The quantitative estimate of drug-likeness (QED) is 0.742. The minimum atomic E-state index is 0.406. The maximum Gasteiger partial charge on any atom is 0.0212 e. The lowest BCUT2D eigenvalue weighted by atomic mass is 9.54. The molecule has 1 aliphatic heterocycles. The Hall–Kier alpha value is -0.0400. The summed E-state index contributed by atoms with van der Waals surface area (Å²) in [6, 6.07) is 0.786. The molecular formula is C15H29N. The van der Waals surface area contributed by atoms with E-state index in [-0.39, 0.29) is 0 Å². The first-order chi connectivity index (χ1) is 7.52. The smallest absolute Gasteiger partial charge is 0.0212 e. The third-order valence-electron chi connectivity index (χ3n) is 5.83. The van der Waals surface area contributed by atoms with Crippen LogP contribution in [0.15, 0.2) is 0 Å². The lowest BCUT2D eigenvalue weighted by molar-refractivity contribution is -0.0381. The number of fused-ring (bicyclic) bond motifs is 1. The maximum absolute atomic E-state index is 4.00. The summed E-state index contributed by atoms with van der Waals surface area (Å²) in [6.45, 7) is 9.80. The first-order valence-corrected chi connectivity index (χ1v) is 7.29. The molecule has 4 atom stereocenters. The van der Waals surface area contributed by atoms with Crippen molar-refractivity contribution in [2.75, 3.05) is 0 Å². The molecule has 0 aromatic rings. The molecule has 16 heavy (non-hydrogen) atoms. The molecule has 2 aliphatic rings. The molecular weight excluding hydrogens is 194 g/mol. The number of hydrogen-bond donors (Lipinski definition) is 1. The van der Waals surface area contributed by atoms with Crippen molar-refractivity contribution >= 4 is 0 Å². The van der Waals surface area contributed by atoms with E-state index in [1.165, 1.54) is 44.9 Å². The summed E-state index contributed by atoms with van der Waals surface area (Å²) < 4.78 is 0. The van der Waals surface area contributed by atoms with Gasteiger partial charge >= 0.3 is 0 Å². The highest BCUT2D eigenvalue weighted by atomic mass is 15.0. The van der Waals surface area contributed by atoms with E-state index >= 15 is 0 Å². The fourth-order valence-electron chi connectivity index (χ4n) is 4.23. The van der Waals surface area contributed by atoms with Crippen molar-refractivity contribution in [3.05, 3.63) is 0 Å². The lowest BCUT2D eigenvalue weighted by Crippen LogP contribution is -2.65. The Morgan fingerprint density at radius 2 is 1.94 bits per heavy atom. The number of nitrogens with one attached hydrogen (secondary N) is 1. The summed E-state index contributed by atoms with van der Waals surface area (Å²) in [5, 5.41) is 4.00. The van der Waals surface area contributed by atoms with Crippen LogP contribution in [0.1, 0.15) is 72.6 Å². The van der Waals surface area contributed by atoms with Crippen LogP contribution in [0.2, 0.25) is 0 Å². The molecule has 1 N–H and O–H groups in total. The van der Waals surface area contributed by atoms with E-state index in [0.29, 0.717) is 11.0 Å². The summed E-state index contributed by atoms with van der Waals surface area (Å²) in [6.07, 6.45) is 9.74. The molecule has 1 aliphatic carbocycles. The van der Waals surface area contributed by atoms with Crippen LogP contribution in [-0.4, -0.2) is 11.6 Å². The van der Waals surface area contributed by atoms with Crippen LogP contribution in [0.5, 0.6) is 0 Å². The van der Waals surface area contributed by atoms with Gasteiger partial charge in [0.1, 0.15) is 0 Å². The van der Waals surface area contributed by atoms with Crippen molar-refractivity contribution in [3.8, 4) is 0 Å². The largest absolute Gasteiger partial charge is 0.308 e. The van der Waals surface area contributed by atoms with Crippen LogP contribution in [0.4, 0.5) is 0 Å². The highest BCUT2D eigenvalue weighted by Crippen LogP contribution is 2.53. The SMILES string of the molecule is CCC[C@H]1CC[C@@]2(C)[C@H](C)CCC[C@@]2(C)N1. The van der Waals surface area contributed by atoms with Crippen molar-refractivity contribution in [2.24, 2.45) is 11.3 Å². The highest BCUT2D eigenvalue weighted by Gasteiger charge is 2.52. The van der Waals surface area contributed by atoms with Gasteiger partial charge in [-0.1, -0.05) is 40.0 Å². The van der Waals surface area contributed by atoms with Crippen LogP contribution in [-0.2, 0) is 0 Å². The Morgan fingerprint density at radius 1 is 1.19 bits per heavy atom. The predicted molar refractivity (Wildman–Crippen MR) is 70.6 cm³/mol. The average molecular weight is 223 g/mol. The van der Waals surface area contributed by atoms with E-state index in [1.807, 2.05) is 0 Å². The van der Waals surface area contributed by atoms with Crippen molar-refractivity contribution in [2.45, 2.75) is 84.2 Å². The Kier molecular flexibility index (Phi) is 3.36. The molecule has 0 spiro atoms. The molecule has 0 amide bonds. The molecule has 1 nitrogen and oxygen atoms in total. The third kappa shape index (κ3) is 1.81. The van der Waals surface area contributed by atoms with Gasteiger partial charge in [-0.15, -0.1) is 0 Å². The lowest BCUT2D eigenvalue weighted by Gasteiger charge is -2.59. The molecule has 0 aromatic carbocycles. The second-order valence-corrected chi connectivity index (χ2v) is 6.71. The number of piperidine rings is 1. The predicted octanol–water partition coefficient (Wildman–Crippen LogP) is 4.12. The van der Waals surface area contributed by atoms with Crippen LogP contribution in [0.3, 0.4) is 0 Å². The number of hydrogen-bond acceptors (Lipinski definition) is 1. The summed E-state index contributed by atoms with van der Waals surface area (Å²) in [4.78, 5) is 0. The van der Waals surface area contributed by atoms with E-state index < -0.39 is 0 Å². The van der Waals surface area contributed by atoms with Crippen molar-refractivity contribution in [1.82, 2.24) is 5.32 Å². The van der Waals surface area contributed by atoms with Crippen LogP contribution in [0, 0.1) is 11.3 Å². The molecule has 2 fully saturated rings. The second-order valence-electron chi connectivity index (χ2n) is 6.71. The van der Waals surface area contributed by atoms with E-state index in [4.69, 9.17) is 0 Å². The van der Waals surface area contributed by atoms with E-state index in [1.54, 1.807) is 0 Å². The summed E-state index contributed by atoms with van der Waals surface area (Å²) in [5.74, 6) is 0.890. The molecule has 1 heterocycles. The van der Waals surface area contributed by atoms with E-state index in [9.17, 15) is 0 Å². The van der Waals surface area contributed by atoms with E-state index in [0.717, 1.165) is 12.0 Å². The Balaban J connectivity index is 2.14. The Labute approximate surface area is 101 Å². The van der Waals surface area contributed by atoms with Gasteiger partial charge in [-0.25, -0.2) is 0 Å². The molecule has 0 radical (unpaired) electrons. The summed E-state index contributed by atoms with van der Waals surface area (Å²) >= 11 is 0. The van der Waals surface area contributed by atoms with Gasteiger partial charge in [-0.2, -0.15) is 0 Å². The standard InChI is InChI=1S/C15H29N/c1-5-7-13-9-11-14(3)12(2)8-6-10-15(14,4)16-13/h12-13,16H,5-11H2,1-4H3/t12-,13+,14+,15-/m1/s1. The van der Waals surface area contributed by atoms with Gasteiger partial charge in [0.15, 0.2) is 0 Å². The van der Waals surface area contributed by atoms with Crippen molar-refractivity contribution in [3.63, 3.8) is 0 Å². The zero-order valence-electron chi connectivity index (χ0n) is 11.6. The van der Waals surface area contributed by atoms with Gasteiger partial charge in [0, 0.05) is 11.6 Å². The second kappa shape index (κ2) is 4.33. The first-order valence-electron chi connectivity index (χ1n) is 7.29. The zero-order chi connectivity index (χ0) is 11.8. The zero-order valence-corrected chi connectivity index (χ0v) is 11.6. The van der Waals surface area contributed by atoms with Crippen molar-refractivity contribution < 1.29 is 0 Å². The molecule has 0 bridgehead atoms. The Morgan fingerprint density at radius 3 is 2.62 bits per heavy atom. The average Bonchev–Trinajstić information content (AvgIpc) is 2.22. The van der Waals surface area contributed by atoms with Gasteiger partial charge in [-0.05, 0) is 43.9 Å². The fraction of sp³-hybridized carbons (Fsp3) is 1.00. The van der Waals surface area contributed by atoms with Gasteiger partial charge < -0.3 is 5.32 Å². The van der Waals surface area contributed by atoms with Crippen LogP contribution in [0.25, 0.3) is 0 Å². The molecule has 94 valence electrons. The van der Waals surface area contributed by atoms with Gasteiger partial charge in [0.2, 0.25) is 0 Å². The normalized spacial score (nSPS) is 48.8. The van der Waals surface area contributed by atoms with Crippen molar-refractivity contribution in [1.29, 1.82) is 0 Å². The first kappa shape index (κ1) is 12.4. The summed E-state index contributed by atoms with van der Waals surface area (Å²) in [7, 11) is 0. The number of rotatable bonds is 2. The molecule has 1 heteroatoms. The molecule has 2 rings (SSSR count). The van der Waals surface area contributed by atoms with E-state index in [2.05, 4.69) is 33.0 Å². The van der Waals surface area contributed by atoms with Crippen LogP contribution >= 0.6 is 0 Å². The third-order valence-corrected chi connectivity index (χ3v) is 5.83.